The van der Waals surface area contributed by atoms with Gasteiger partial charge in [-0.15, -0.1) is 0 Å². The van der Waals surface area contributed by atoms with Crippen LogP contribution in [0, 0.1) is 0 Å². The van der Waals surface area contributed by atoms with Crippen molar-refractivity contribution in [3.63, 3.8) is 0 Å². The average Bonchev–Trinajstić information content (AvgIpc) is 3.30. The fourth-order valence-electron chi connectivity index (χ4n) is 4.64. The summed E-state index contributed by atoms with van der Waals surface area (Å²) in [7, 11) is 0. The van der Waals surface area contributed by atoms with E-state index in [0.29, 0.717) is 12.4 Å². The van der Waals surface area contributed by atoms with Crippen LogP contribution in [0.5, 0.6) is 0 Å². The predicted molar refractivity (Wildman–Crippen MR) is 137 cm³/mol. The maximum atomic E-state index is 13.9. The Labute approximate surface area is 209 Å². The summed E-state index contributed by atoms with van der Waals surface area (Å²) < 4.78 is 0. The van der Waals surface area contributed by atoms with Crippen molar-refractivity contribution in [1.82, 2.24) is 20.1 Å². The smallest absolute Gasteiger partial charge is 0.327 e. The van der Waals surface area contributed by atoms with Crippen LogP contribution in [0.3, 0.4) is 0 Å². The van der Waals surface area contributed by atoms with E-state index in [1.54, 1.807) is 11.1 Å². The van der Waals surface area contributed by atoms with E-state index in [2.05, 4.69) is 10.3 Å². The van der Waals surface area contributed by atoms with Crippen LogP contribution in [0.4, 0.5) is 10.6 Å². The van der Waals surface area contributed by atoms with Gasteiger partial charge in [-0.25, -0.2) is 9.78 Å². The number of hydrogen-bond acceptors (Lipinski definition) is 6. The van der Waals surface area contributed by atoms with E-state index >= 15 is 0 Å². The molecule has 188 valence electrons. The number of carboxylic acid groups (broad SMARTS) is 1. The lowest BCUT2D eigenvalue weighted by Crippen LogP contribution is -2.54. The van der Waals surface area contributed by atoms with Crippen molar-refractivity contribution in [2.45, 2.75) is 44.8 Å². The Balaban J connectivity index is 1.66. The predicted octanol–water partition coefficient (Wildman–Crippen LogP) is 3.04. The molecule has 3 amide bonds. The number of hydrogen-bond donors (Lipinski definition) is 3. The number of carbonyl (C=O) groups is 3. The molecule has 2 heterocycles. The fourth-order valence-corrected chi connectivity index (χ4v) is 4.64. The number of rotatable bonds is 8. The second kappa shape index (κ2) is 11.2. The number of imide groups is 1. The summed E-state index contributed by atoms with van der Waals surface area (Å²) in [6.07, 6.45) is 3.63. The van der Waals surface area contributed by atoms with Crippen LogP contribution >= 0.6 is 0 Å². The zero-order valence-electron chi connectivity index (χ0n) is 20.3. The minimum absolute atomic E-state index is 0.0230. The van der Waals surface area contributed by atoms with Crippen molar-refractivity contribution in [3.8, 4) is 0 Å². The van der Waals surface area contributed by atoms with Gasteiger partial charge in [-0.3, -0.25) is 19.8 Å². The minimum atomic E-state index is -1.08. The SMILES string of the molecule is C[C@@H]1CCCN1C(=O)N(Cc1ccc2c(N)nccc2c1)C(=O)[C@@H](Cc1ccccc1)NCC(=O)O. The molecule has 1 fully saturated rings. The molecular weight excluding hydrogens is 458 g/mol. The van der Waals surface area contributed by atoms with Crippen LogP contribution in [-0.4, -0.2) is 63.0 Å². The van der Waals surface area contributed by atoms with Gasteiger partial charge >= 0.3 is 12.0 Å². The number of fused-ring (bicyclic) bond motifs is 1. The van der Waals surface area contributed by atoms with Gasteiger partial charge in [0.25, 0.3) is 0 Å². The first kappa shape index (κ1) is 25.1. The lowest BCUT2D eigenvalue weighted by atomic mass is 10.0. The minimum Gasteiger partial charge on any atom is -0.480 e. The normalized spacial score (nSPS) is 16.1. The number of nitrogens with two attached hydrogens (primary N) is 1. The van der Waals surface area contributed by atoms with Gasteiger partial charge in [0, 0.05) is 24.2 Å². The number of urea groups is 1. The molecule has 2 atom stereocenters. The summed E-state index contributed by atoms with van der Waals surface area (Å²) in [5, 5.41) is 13.7. The van der Waals surface area contributed by atoms with Crippen LogP contribution in [-0.2, 0) is 22.6 Å². The molecule has 3 aromatic rings. The number of nitrogens with one attached hydrogen (secondary N) is 1. The molecule has 4 N–H and O–H groups in total. The van der Waals surface area contributed by atoms with Crippen molar-refractivity contribution in [1.29, 1.82) is 0 Å². The number of anilines is 1. The lowest BCUT2D eigenvalue weighted by molar-refractivity contribution is -0.136. The van der Waals surface area contributed by atoms with Crippen LogP contribution in [0.15, 0.2) is 60.8 Å². The molecule has 1 saturated heterocycles. The summed E-state index contributed by atoms with van der Waals surface area (Å²) in [4.78, 5) is 45.9. The number of carbonyl (C=O) groups excluding carboxylic acids is 2. The average molecular weight is 490 g/mol. The first-order valence-corrected chi connectivity index (χ1v) is 12.1. The van der Waals surface area contributed by atoms with Gasteiger partial charge in [-0.1, -0.05) is 42.5 Å². The zero-order valence-corrected chi connectivity index (χ0v) is 20.3. The molecule has 0 spiro atoms. The third-order valence-electron chi connectivity index (χ3n) is 6.58. The Hall–Kier alpha value is -3.98. The Morgan fingerprint density at radius 3 is 2.64 bits per heavy atom. The van der Waals surface area contributed by atoms with Gasteiger partial charge < -0.3 is 15.7 Å². The van der Waals surface area contributed by atoms with Crippen LogP contribution in [0.2, 0.25) is 0 Å². The van der Waals surface area contributed by atoms with Gasteiger partial charge in [-0.05, 0) is 54.8 Å². The molecule has 0 aliphatic carbocycles. The third kappa shape index (κ3) is 5.80. The van der Waals surface area contributed by atoms with E-state index in [1.165, 1.54) is 4.90 Å². The second-order valence-electron chi connectivity index (χ2n) is 9.16. The molecule has 0 unspecified atom stereocenters. The number of likely N-dealkylation sites (tertiary alicyclic amines) is 1. The molecule has 2 aromatic carbocycles. The lowest BCUT2D eigenvalue weighted by Gasteiger charge is -2.32. The first-order chi connectivity index (χ1) is 17.3. The molecule has 1 aromatic heterocycles. The molecule has 0 bridgehead atoms. The maximum Gasteiger partial charge on any atom is 0.327 e. The third-order valence-corrected chi connectivity index (χ3v) is 6.58. The van der Waals surface area contributed by atoms with Crippen molar-refractivity contribution < 1.29 is 19.5 Å². The second-order valence-corrected chi connectivity index (χ2v) is 9.16. The molecule has 9 heteroatoms. The Morgan fingerprint density at radius 2 is 1.94 bits per heavy atom. The van der Waals surface area contributed by atoms with Crippen LogP contribution < -0.4 is 11.1 Å². The van der Waals surface area contributed by atoms with Crippen LogP contribution in [0.25, 0.3) is 10.8 Å². The Bertz CT molecular complexity index is 1250. The van der Waals surface area contributed by atoms with E-state index in [4.69, 9.17) is 5.73 Å². The van der Waals surface area contributed by atoms with Gasteiger partial charge in [0.1, 0.15) is 5.82 Å². The summed E-state index contributed by atoms with van der Waals surface area (Å²) in [5.41, 5.74) is 7.61. The van der Waals surface area contributed by atoms with Crippen LogP contribution in [0.1, 0.15) is 30.9 Å². The molecule has 0 saturated carbocycles. The maximum absolute atomic E-state index is 13.9. The Kier molecular flexibility index (Phi) is 7.80. The van der Waals surface area contributed by atoms with E-state index < -0.39 is 24.5 Å². The quantitative estimate of drug-likeness (QED) is 0.444. The van der Waals surface area contributed by atoms with Gasteiger partial charge in [0.2, 0.25) is 5.91 Å². The summed E-state index contributed by atoms with van der Waals surface area (Å²) in [6.45, 7) is 2.21. The number of pyridine rings is 1. The molecule has 0 radical (unpaired) electrons. The summed E-state index contributed by atoms with van der Waals surface area (Å²) in [6, 6.07) is 15.5. The number of nitrogen functional groups attached to an aromatic ring is 1. The number of carboxylic acids is 1. The number of aromatic nitrogens is 1. The largest absolute Gasteiger partial charge is 0.480 e. The first-order valence-electron chi connectivity index (χ1n) is 12.1. The number of nitrogens with zero attached hydrogens (tertiary/aromatic N) is 3. The van der Waals surface area contributed by atoms with Gasteiger partial charge in [-0.2, -0.15) is 0 Å². The van der Waals surface area contributed by atoms with E-state index in [9.17, 15) is 19.5 Å². The van der Waals surface area contributed by atoms with E-state index in [1.807, 2.05) is 61.5 Å². The molecule has 9 nitrogen and oxygen atoms in total. The molecular formula is C27H31N5O4. The van der Waals surface area contributed by atoms with Crippen molar-refractivity contribution in [2.75, 3.05) is 18.8 Å². The van der Waals surface area contributed by atoms with E-state index in [-0.39, 0.29) is 25.0 Å². The number of aliphatic carboxylic acids is 1. The molecule has 36 heavy (non-hydrogen) atoms. The number of benzene rings is 2. The fraction of sp³-hybridized carbons (Fsp3) is 0.333. The molecule has 1 aliphatic heterocycles. The van der Waals surface area contributed by atoms with Crippen molar-refractivity contribution >= 4 is 34.5 Å². The Morgan fingerprint density at radius 1 is 1.17 bits per heavy atom. The topological polar surface area (TPSA) is 129 Å². The monoisotopic (exact) mass is 489 g/mol. The van der Waals surface area contributed by atoms with E-state index in [0.717, 1.165) is 34.7 Å². The standard InChI is InChI=1S/C27H31N5O4/c1-18-6-5-13-31(18)27(36)32(17-20-9-10-22-21(14-20)11-12-29-25(22)28)26(35)23(30-16-24(33)34)15-19-7-3-2-4-8-19/h2-4,7-12,14,18,23,30H,5-6,13,15-17H2,1H3,(H2,28,29)(H,33,34)/t18-,23-/m1/s1. The molecule has 4 rings (SSSR count). The zero-order chi connectivity index (χ0) is 25.7. The number of amides is 3. The summed E-state index contributed by atoms with van der Waals surface area (Å²) >= 11 is 0. The highest BCUT2D eigenvalue weighted by Crippen LogP contribution is 2.24. The summed E-state index contributed by atoms with van der Waals surface area (Å²) in [5.74, 6) is -1.12. The van der Waals surface area contributed by atoms with Gasteiger partial charge in [0.05, 0.1) is 19.1 Å². The highest BCUT2D eigenvalue weighted by atomic mass is 16.4. The molecule has 1 aliphatic rings. The highest BCUT2D eigenvalue weighted by Gasteiger charge is 2.35. The highest BCUT2D eigenvalue weighted by molar-refractivity contribution is 5.98. The van der Waals surface area contributed by atoms with Crippen molar-refractivity contribution in [3.05, 3.63) is 71.9 Å². The van der Waals surface area contributed by atoms with Gasteiger partial charge in [0.15, 0.2) is 0 Å². The van der Waals surface area contributed by atoms with Crippen molar-refractivity contribution in [2.24, 2.45) is 0 Å².